The molecule has 134 valence electrons. The van der Waals surface area contributed by atoms with E-state index in [4.69, 9.17) is 9.15 Å². The van der Waals surface area contributed by atoms with E-state index in [1.807, 2.05) is 6.92 Å². The van der Waals surface area contributed by atoms with E-state index in [1.165, 1.54) is 12.5 Å². The summed E-state index contributed by atoms with van der Waals surface area (Å²) in [4.78, 5) is 28.1. The standard InChI is InChI=1S/C17H27N3O4/c1-2-20(17(22)15-5-11-24-14-15)8-4-16(21)18-6-3-7-19-9-12-23-13-10-19/h5,11,14H,2-4,6-10,12-13H2,1H3,(H,18,21). The highest BCUT2D eigenvalue weighted by molar-refractivity contribution is 5.94. The van der Waals surface area contributed by atoms with E-state index in [0.29, 0.717) is 31.6 Å². The number of carbonyl (C=O) groups is 2. The molecule has 2 amide bonds. The van der Waals surface area contributed by atoms with Gasteiger partial charge in [0.25, 0.3) is 5.91 Å². The first-order chi connectivity index (χ1) is 11.7. The SMILES string of the molecule is CCN(CCC(=O)NCCCN1CCOCC1)C(=O)c1ccoc1. The van der Waals surface area contributed by atoms with E-state index in [1.54, 1.807) is 11.0 Å². The molecule has 2 rings (SSSR count). The Labute approximate surface area is 142 Å². The number of hydrogen-bond donors (Lipinski definition) is 1. The molecule has 1 aliphatic rings. The smallest absolute Gasteiger partial charge is 0.257 e. The van der Waals surface area contributed by atoms with Crippen LogP contribution in [0, 0.1) is 0 Å². The molecule has 7 heteroatoms. The summed E-state index contributed by atoms with van der Waals surface area (Å²) >= 11 is 0. The van der Waals surface area contributed by atoms with E-state index < -0.39 is 0 Å². The normalized spacial score (nSPS) is 15.2. The summed E-state index contributed by atoms with van der Waals surface area (Å²) in [5, 5.41) is 2.92. The third-order valence-corrected chi connectivity index (χ3v) is 4.12. The molecule has 2 heterocycles. The third-order valence-electron chi connectivity index (χ3n) is 4.12. The van der Waals surface area contributed by atoms with E-state index in [-0.39, 0.29) is 11.8 Å². The molecule has 0 atom stereocenters. The monoisotopic (exact) mass is 337 g/mol. The second kappa shape index (κ2) is 10.1. The fraction of sp³-hybridized carbons (Fsp3) is 0.647. The number of nitrogens with one attached hydrogen (secondary N) is 1. The molecule has 0 aromatic carbocycles. The first-order valence-electron chi connectivity index (χ1n) is 8.59. The van der Waals surface area contributed by atoms with Crippen LogP contribution in [0.4, 0.5) is 0 Å². The van der Waals surface area contributed by atoms with Crippen molar-refractivity contribution in [3.05, 3.63) is 24.2 Å². The summed E-state index contributed by atoms with van der Waals surface area (Å²) in [5.74, 6) is -0.123. The van der Waals surface area contributed by atoms with Crippen molar-refractivity contribution in [1.82, 2.24) is 15.1 Å². The lowest BCUT2D eigenvalue weighted by Crippen LogP contribution is -2.38. The van der Waals surface area contributed by atoms with E-state index in [0.717, 1.165) is 39.3 Å². The predicted octanol–water partition coefficient (Wildman–Crippen LogP) is 0.970. The number of nitrogens with zero attached hydrogens (tertiary/aromatic N) is 2. The maximum absolute atomic E-state index is 12.2. The predicted molar refractivity (Wildman–Crippen MR) is 89.8 cm³/mol. The molecule has 0 aliphatic carbocycles. The maximum atomic E-state index is 12.2. The molecular formula is C17H27N3O4. The van der Waals surface area contributed by atoms with Crippen molar-refractivity contribution in [3.63, 3.8) is 0 Å². The average Bonchev–Trinajstić information content (AvgIpc) is 3.14. The number of ether oxygens (including phenoxy) is 1. The van der Waals surface area contributed by atoms with Crippen LogP contribution in [0.15, 0.2) is 23.0 Å². The summed E-state index contributed by atoms with van der Waals surface area (Å²) in [5.41, 5.74) is 0.516. The number of morpholine rings is 1. The van der Waals surface area contributed by atoms with Crippen LogP contribution >= 0.6 is 0 Å². The van der Waals surface area contributed by atoms with Crippen molar-refractivity contribution in [2.24, 2.45) is 0 Å². The summed E-state index contributed by atoms with van der Waals surface area (Å²) in [6.45, 7) is 8.04. The van der Waals surface area contributed by atoms with Gasteiger partial charge in [0.05, 0.1) is 25.0 Å². The van der Waals surface area contributed by atoms with E-state index in [2.05, 4.69) is 10.2 Å². The van der Waals surface area contributed by atoms with Crippen molar-refractivity contribution in [2.75, 3.05) is 52.5 Å². The fourth-order valence-electron chi connectivity index (χ4n) is 2.65. The van der Waals surface area contributed by atoms with Crippen LogP contribution in [0.2, 0.25) is 0 Å². The summed E-state index contributed by atoms with van der Waals surface area (Å²) < 4.78 is 10.2. The van der Waals surface area contributed by atoms with Gasteiger partial charge in [-0.2, -0.15) is 0 Å². The minimum absolute atomic E-state index is 0.0181. The van der Waals surface area contributed by atoms with Gasteiger partial charge in [0, 0.05) is 39.1 Å². The van der Waals surface area contributed by atoms with Crippen molar-refractivity contribution in [1.29, 1.82) is 0 Å². The topological polar surface area (TPSA) is 75.0 Å². The second-order valence-electron chi connectivity index (χ2n) is 5.80. The highest BCUT2D eigenvalue weighted by Gasteiger charge is 2.16. The largest absolute Gasteiger partial charge is 0.472 e. The molecule has 0 saturated carbocycles. The van der Waals surface area contributed by atoms with Crippen LogP contribution in [0.1, 0.15) is 30.1 Å². The zero-order chi connectivity index (χ0) is 17.2. The van der Waals surface area contributed by atoms with E-state index >= 15 is 0 Å². The van der Waals surface area contributed by atoms with Gasteiger partial charge in [-0.3, -0.25) is 14.5 Å². The van der Waals surface area contributed by atoms with Gasteiger partial charge in [-0.15, -0.1) is 0 Å². The van der Waals surface area contributed by atoms with Gasteiger partial charge in [0.15, 0.2) is 0 Å². The van der Waals surface area contributed by atoms with Gasteiger partial charge < -0.3 is 19.4 Å². The van der Waals surface area contributed by atoms with Crippen LogP contribution in [-0.4, -0.2) is 74.1 Å². The molecule has 1 saturated heterocycles. The molecule has 1 aliphatic heterocycles. The lowest BCUT2D eigenvalue weighted by molar-refractivity contribution is -0.121. The van der Waals surface area contributed by atoms with Crippen molar-refractivity contribution in [2.45, 2.75) is 19.8 Å². The lowest BCUT2D eigenvalue weighted by Gasteiger charge is -2.26. The number of furan rings is 1. The molecule has 7 nitrogen and oxygen atoms in total. The molecule has 24 heavy (non-hydrogen) atoms. The van der Waals surface area contributed by atoms with Crippen LogP contribution in [0.5, 0.6) is 0 Å². The minimum Gasteiger partial charge on any atom is -0.472 e. The Morgan fingerprint density at radius 2 is 2.12 bits per heavy atom. The zero-order valence-corrected chi connectivity index (χ0v) is 14.3. The number of amides is 2. The summed E-state index contributed by atoms with van der Waals surface area (Å²) in [7, 11) is 0. The Kier molecular flexibility index (Phi) is 7.77. The van der Waals surface area contributed by atoms with Gasteiger partial charge in [-0.25, -0.2) is 0 Å². The Hall–Kier alpha value is -1.86. The highest BCUT2D eigenvalue weighted by atomic mass is 16.5. The maximum Gasteiger partial charge on any atom is 0.257 e. The molecule has 1 fully saturated rings. The first kappa shape index (κ1) is 18.5. The van der Waals surface area contributed by atoms with Crippen molar-refractivity contribution in [3.8, 4) is 0 Å². The molecule has 0 bridgehead atoms. The first-order valence-corrected chi connectivity index (χ1v) is 8.59. The number of rotatable bonds is 9. The molecule has 0 radical (unpaired) electrons. The fourth-order valence-corrected chi connectivity index (χ4v) is 2.65. The Balaban J connectivity index is 1.60. The quantitative estimate of drug-likeness (QED) is 0.680. The molecule has 0 unspecified atom stereocenters. The lowest BCUT2D eigenvalue weighted by atomic mass is 10.2. The number of carbonyl (C=O) groups excluding carboxylic acids is 2. The Morgan fingerprint density at radius 3 is 2.79 bits per heavy atom. The third kappa shape index (κ3) is 5.98. The molecule has 0 spiro atoms. The van der Waals surface area contributed by atoms with Gasteiger partial charge >= 0.3 is 0 Å². The molecule has 1 aromatic rings. The van der Waals surface area contributed by atoms with Gasteiger partial charge in [-0.05, 0) is 26.0 Å². The van der Waals surface area contributed by atoms with E-state index in [9.17, 15) is 9.59 Å². The average molecular weight is 337 g/mol. The zero-order valence-electron chi connectivity index (χ0n) is 14.3. The van der Waals surface area contributed by atoms with Crippen LogP contribution < -0.4 is 5.32 Å². The molecular weight excluding hydrogens is 310 g/mol. The van der Waals surface area contributed by atoms with Gasteiger partial charge in [-0.1, -0.05) is 0 Å². The second-order valence-corrected chi connectivity index (χ2v) is 5.80. The number of hydrogen-bond acceptors (Lipinski definition) is 5. The Morgan fingerprint density at radius 1 is 1.33 bits per heavy atom. The Bertz CT molecular complexity index is 498. The van der Waals surface area contributed by atoms with Gasteiger partial charge in [0.1, 0.15) is 6.26 Å². The molecule has 1 N–H and O–H groups in total. The van der Waals surface area contributed by atoms with Crippen LogP contribution in [-0.2, 0) is 9.53 Å². The highest BCUT2D eigenvalue weighted by Crippen LogP contribution is 2.06. The molecule has 1 aromatic heterocycles. The van der Waals surface area contributed by atoms with Gasteiger partial charge in [0.2, 0.25) is 5.91 Å². The summed E-state index contributed by atoms with van der Waals surface area (Å²) in [6, 6.07) is 1.64. The van der Waals surface area contributed by atoms with Crippen molar-refractivity contribution < 1.29 is 18.7 Å². The minimum atomic E-state index is -0.105. The van der Waals surface area contributed by atoms with Crippen LogP contribution in [0.25, 0.3) is 0 Å². The van der Waals surface area contributed by atoms with Crippen molar-refractivity contribution >= 4 is 11.8 Å². The summed E-state index contributed by atoms with van der Waals surface area (Å²) in [6.07, 6.45) is 4.14. The van der Waals surface area contributed by atoms with Crippen LogP contribution in [0.3, 0.4) is 0 Å².